The lowest BCUT2D eigenvalue weighted by Gasteiger charge is -2.20. The monoisotopic (exact) mass is 378 g/mol. The zero-order chi connectivity index (χ0) is 20.1. The van der Waals surface area contributed by atoms with Gasteiger partial charge in [-0.1, -0.05) is 44.2 Å². The molecule has 0 heterocycles. The summed E-state index contributed by atoms with van der Waals surface area (Å²) in [6.07, 6.45) is 0. The summed E-state index contributed by atoms with van der Waals surface area (Å²) in [6.45, 7) is 6.68. The van der Waals surface area contributed by atoms with Crippen molar-refractivity contribution < 1.29 is 23.9 Å². The quantitative estimate of drug-likeness (QED) is 0.504. The minimum atomic E-state index is -0.296. The van der Waals surface area contributed by atoms with E-state index in [0.29, 0.717) is 26.3 Å². The minimum Gasteiger partial charge on any atom is -0.378 e. The molecule has 0 aliphatic rings. The van der Waals surface area contributed by atoms with Gasteiger partial charge in [0.05, 0.1) is 19.1 Å². The van der Waals surface area contributed by atoms with E-state index in [0.717, 1.165) is 5.56 Å². The minimum absolute atomic E-state index is 0.0178. The molecule has 27 heavy (non-hydrogen) atoms. The SMILES string of the molecule is CC(=O)COCC(=O)NCCOCCNC(=O)C(c1ccccc1)C(C)C. The third-order valence-corrected chi connectivity index (χ3v) is 3.76. The van der Waals surface area contributed by atoms with E-state index in [1.807, 2.05) is 44.2 Å². The molecule has 0 bridgehead atoms. The Balaban J connectivity index is 2.15. The molecular formula is C20H30N2O5. The van der Waals surface area contributed by atoms with E-state index in [-0.39, 0.29) is 42.6 Å². The van der Waals surface area contributed by atoms with E-state index in [1.54, 1.807) is 0 Å². The summed E-state index contributed by atoms with van der Waals surface area (Å²) in [7, 11) is 0. The zero-order valence-corrected chi connectivity index (χ0v) is 16.3. The normalized spacial score (nSPS) is 11.9. The highest BCUT2D eigenvalue weighted by molar-refractivity contribution is 5.83. The molecule has 2 N–H and O–H groups in total. The van der Waals surface area contributed by atoms with Gasteiger partial charge in [0, 0.05) is 13.1 Å². The van der Waals surface area contributed by atoms with E-state index < -0.39 is 0 Å². The number of benzene rings is 1. The molecule has 150 valence electrons. The highest BCUT2D eigenvalue weighted by Crippen LogP contribution is 2.24. The van der Waals surface area contributed by atoms with Crippen molar-refractivity contribution >= 4 is 17.6 Å². The molecule has 1 aromatic rings. The lowest BCUT2D eigenvalue weighted by Crippen LogP contribution is -2.35. The second-order valence-electron chi connectivity index (χ2n) is 6.58. The van der Waals surface area contributed by atoms with Crippen molar-refractivity contribution in [2.75, 3.05) is 39.5 Å². The van der Waals surface area contributed by atoms with Gasteiger partial charge >= 0.3 is 0 Å². The Morgan fingerprint density at radius 3 is 2.15 bits per heavy atom. The number of rotatable bonds is 13. The van der Waals surface area contributed by atoms with Crippen LogP contribution in [0, 0.1) is 5.92 Å². The van der Waals surface area contributed by atoms with Gasteiger partial charge in [-0.05, 0) is 18.4 Å². The average molecular weight is 378 g/mol. The van der Waals surface area contributed by atoms with Crippen LogP contribution in [0.1, 0.15) is 32.3 Å². The van der Waals surface area contributed by atoms with E-state index in [4.69, 9.17) is 9.47 Å². The molecule has 0 aliphatic carbocycles. The van der Waals surface area contributed by atoms with E-state index in [2.05, 4.69) is 10.6 Å². The standard InChI is InChI=1S/C20H30N2O5/c1-15(2)19(17-7-5-4-6-8-17)20(25)22-10-12-26-11-9-21-18(24)14-27-13-16(3)23/h4-8,15,19H,9-14H2,1-3H3,(H,21,24)(H,22,25). The van der Waals surface area contributed by atoms with Crippen LogP contribution < -0.4 is 10.6 Å². The van der Waals surface area contributed by atoms with Gasteiger partial charge in [0.2, 0.25) is 11.8 Å². The van der Waals surface area contributed by atoms with Gasteiger partial charge in [-0.15, -0.1) is 0 Å². The lowest BCUT2D eigenvalue weighted by atomic mass is 9.88. The second-order valence-corrected chi connectivity index (χ2v) is 6.58. The molecule has 0 radical (unpaired) electrons. The van der Waals surface area contributed by atoms with Crippen LogP contribution in [-0.2, 0) is 23.9 Å². The van der Waals surface area contributed by atoms with Crippen molar-refractivity contribution in [2.45, 2.75) is 26.7 Å². The Hall–Kier alpha value is -2.25. The Morgan fingerprint density at radius 1 is 0.926 bits per heavy atom. The number of ether oxygens (including phenoxy) is 2. The molecule has 2 amide bonds. The van der Waals surface area contributed by atoms with Gasteiger partial charge < -0.3 is 20.1 Å². The average Bonchev–Trinajstić information content (AvgIpc) is 2.61. The summed E-state index contributed by atoms with van der Waals surface area (Å²) >= 11 is 0. The zero-order valence-electron chi connectivity index (χ0n) is 16.3. The van der Waals surface area contributed by atoms with Crippen LogP contribution in [0.4, 0.5) is 0 Å². The summed E-state index contributed by atoms with van der Waals surface area (Å²) in [4.78, 5) is 34.6. The van der Waals surface area contributed by atoms with E-state index in [1.165, 1.54) is 6.92 Å². The molecule has 0 aromatic heterocycles. The van der Waals surface area contributed by atoms with Crippen LogP contribution in [0.15, 0.2) is 30.3 Å². The third kappa shape index (κ3) is 9.86. The van der Waals surface area contributed by atoms with Crippen LogP contribution in [-0.4, -0.2) is 57.1 Å². The van der Waals surface area contributed by atoms with E-state index in [9.17, 15) is 14.4 Å². The molecule has 1 unspecified atom stereocenters. The van der Waals surface area contributed by atoms with Crippen molar-refractivity contribution in [3.63, 3.8) is 0 Å². The number of ketones is 1. The first-order valence-corrected chi connectivity index (χ1v) is 9.16. The van der Waals surface area contributed by atoms with Crippen molar-refractivity contribution in [3.05, 3.63) is 35.9 Å². The predicted molar refractivity (Wildman–Crippen MR) is 102 cm³/mol. The van der Waals surface area contributed by atoms with Crippen molar-refractivity contribution in [1.82, 2.24) is 10.6 Å². The maximum atomic E-state index is 12.5. The number of amides is 2. The first-order chi connectivity index (χ1) is 12.9. The van der Waals surface area contributed by atoms with Crippen LogP contribution in [0.2, 0.25) is 0 Å². The van der Waals surface area contributed by atoms with Gasteiger partial charge in [-0.3, -0.25) is 14.4 Å². The lowest BCUT2D eigenvalue weighted by molar-refractivity contribution is -0.129. The van der Waals surface area contributed by atoms with Crippen LogP contribution in [0.5, 0.6) is 0 Å². The van der Waals surface area contributed by atoms with Crippen LogP contribution in [0.25, 0.3) is 0 Å². The summed E-state index contributed by atoms with van der Waals surface area (Å²) in [5.74, 6) is -0.444. The molecular weight excluding hydrogens is 348 g/mol. The molecule has 1 aromatic carbocycles. The maximum Gasteiger partial charge on any atom is 0.246 e. The van der Waals surface area contributed by atoms with E-state index >= 15 is 0 Å². The fraction of sp³-hybridized carbons (Fsp3) is 0.550. The molecule has 1 rings (SSSR count). The maximum absolute atomic E-state index is 12.5. The highest BCUT2D eigenvalue weighted by atomic mass is 16.5. The number of carbonyl (C=O) groups is 3. The number of Topliss-reactive ketones (excluding diaryl/α,β-unsaturated/α-hetero) is 1. The Kier molecular flexibility index (Phi) is 11.0. The number of carbonyl (C=O) groups excluding carboxylic acids is 3. The Labute approximate surface area is 160 Å². The van der Waals surface area contributed by atoms with Gasteiger partial charge in [-0.25, -0.2) is 0 Å². The van der Waals surface area contributed by atoms with Crippen molar-refractivity contribution in [3.8, 4) is 0 Å². The van der Waals surface area contributed by atoms with Crippen LogP contribution in [0.3, 0.4) is 0 Å². The first kappa shape index (κ1) is 22.8. The molecule has 7 heteroatoms. The molecule has 0 saturated heterocycles. The van der Waals surface area contributed by atoms with Gasteiger partial charge in [0.15, 0.2) is 5.78 Å². The van der Waals surface area contributed by atoms with Crippen LogP contribution >= 0.6 is 0 Å². The number of nitrogens with one attached hydrogen (secondary N) is 2. The molecule has 7 nitrogen and oxygen atoms in total. The molecule has 0 aliphatic heterocycles. The largest absolute Gasteiger partial charge is 0.378 e. The second kappa shape index (κ2) is 13.0. The van der Waals surface area contributed by atoms with Crippen molar-refractivity contribution in [1.29, 1.82) is 0 Å². The number of hydrogen-bond donors (Lipinski definition) is 2. The topological polar surface area (TPSA) is 93.7 Å². The van der Waals surface area contributed by atoms with Gasteiger partial charge in [-0.2, -0.15) is 0 Å². The smallest absolute Gasteiger partial charge is 0.246 e. The molecule has 1 atom stereocenters. The molecule has 0 saturated carbocycles. The van der Waals surface area contributed by atoms with Crippen molar-refractivity contribution in [2.24, 2.45) is 5.92 Å². The fourth-order valence-corrected chi connectivity index (χ4v) is 2.56. The first-order valence-electron chi connectivity index (χ1n) is 9.16. The fourth-order valence-electron chi connectivity index (χ4n) is 2.56. The molecule has 0 fully saturated rings. The number of hydrogen-bond acceptors (Lipinski definition) is 5. The summed E-state index contributed by atoms with van der Waals surface area (Å²) in [6, 6.07) is 9.72. The summed E-state index contributed by atoms with van der Waals surface area (Å²) in [5.41, 5.74) is 1.00. The Bertz CT molecular complexity index is 589. The highest BCUT2D eigenvalue weighted by Gasteiger charge is 2.23. The van der Waals surface area contributed by atoms with Gasteiger partial charge in [0.1, 0.15) is 13.2 Å². The predicted octanol–water partition coefficient (Wildman–Crippen LogP) is 1.28. The summed E-state index contributed by atoms with van der Waals surface area (Å²) in [5, 5.41) is 5.52. The summed E-state index contributed by atoms with van der Waals surface area (Å²) < 4.78 is 10.3. The third-order valence-electron chi connectivity index (χ3n) is 3.76. The molecule has 0 spiro atoms. The Morgan fingerprint density at radius 2 is 1.56 bits per heavy atom. The van der Waals surface area contributed by atoms with Gasteiger partial charge in [0.25, 0.3) is 0 Å².